The van der Waals surface area contributed by atoms with Crippen LogP contribution in [0.2, 0.25) is 0 Å². The molecule has 0 saturated carbocycles. The Kier molecular flexibility index (Phi) is 3.38. The van der Waals surface area contributed by atoms with Gasteiger partial charge in [-0.15, -0.1) is 0 Å². The summed E-state index contributed by atoms with van der Waals surface area (Å²) in [4.78, 5) is 19.4. The number of nitrogens with two attached hydrogens (primary N) is 1. The molecule has 0 atom stereocenters. The molecule has 2 aromatic rings. The average molecular weight is 244 g/mol. The number of rotatable bonds is 3. The number of benzene rings is 1. The van der Waals surface area contributed by atoms with Gasteiger partial charge in [-0.2, -0.15) is 4.98 Å². The molecule has 0 aliphatic rings. The predicted octanol–water partition coefficient (Wildman–Crippen LogP) is 1.59. The Labute approximate surface area is 104 Å². The first-order valence-electron chi connectivity index (χ1n) is 5.23. The molecule has 0 spiro atoms. The summed E-state index contributed by atoms with van der Waals surface area (Å²) in [5, 5.41) is 3.00. The summed E-state index contributed by atoms with van der Waals surface area (Å²) in [6.45, 7) is 0. The van der Waals surface area contributed by atoms with E-state index >= 15 is 0 Å². The van der Waals surface area contributed by atoms with Gasteiger partial charge >= 0.3 is 5.97 Å². The largest absolute Gasteiger partial charge is 0.465 e. The molecule has 0 unspecified atom stereocenters. The molecule has 3 N–H and O–H groups in total. The van der Waals surface area contributed by atoms with E-state index < -0.39 is 5.97 Å². The maximum Gasteiger partial charge on any atom is 0.339 e. The van der Waals surface area contributed by atoms with Crippen LogP contribution in [-0.4, -0.2) is 23.0 Å². The van der Waals surface area contributed by atoms with Crippen molar-refractivity contribution in [3.05, 3.63) is 42.1 Å². The van der Waals surface area contributed by atoms with Crippen LogP contribution in [0.1, 0.15) is 10.4 Å². The Hall–Kier alpha value is -2.63. The SMILES string of the molecule is COC(=O)c1ccccc1Nc1ccnc(N)n1. The van der Waals surface area contributed by atoms with Crippen molar-refractivity contribution in [2.45, 2.75) is 0 Å². The number of ether oxygens (including phenoxy) is 1. The second-order valence-electron chi connectivity index (χ2n) is 3.46. The molecule has 1 heterocycles. The molecule has 18 heavy (non-hydrogen) atoms. The van der Waals surface area contributed by atoms with Crippen LogP contribution in [0.15, 0.2) is 36.5 Å². The molecule has 0 amide bonds. The molecular weight excluding hydrogens is 232 g/mol. The average Bonchev–Trinajstić information content (AvgIpc) is 2.38. The van der Waals surface area contributed by atoms with Crippen LogP contribution in [0.4, 0.5) is 17.5 Å². The highest BCUT2D eigenvalue weighted by molar-refractivity contribution is 5.96. The summed E-state index contributed by atoms with van der Waals surface area (Å²) in [5.74, 6) is 0.259. The van der Waals surface area contributed by atoms with Gasteiger partial charge in [0, 0.05) is 6.20 Å². The van der Waals surface area contributed by atoms with Gasteiger partial charge in [-0.25, -0.2) is 9.78 Å². The van der Waals surface area contributed by atoms with Crippen molar-refractivity contribution in [3.8, 4) is 0 Å². The van der Waals surface area contributed by atoms with Crippen molar-refractivity contribution < 1.29 is 9.53 Å². The molecule has 0 saturated heterocycles. The number of nitrogen functional groups attached to an aromatic ring is 1. The van der Waals surface area contributed by atoms with Crippen molar-refractivity contribution in [1.29, 1.82) is 0 Å². The van der Waals surface area contributed by atoms with E-state index in [-0.39, 0.29) is 5.95 Å². The molecule has 92 valence electrons. The zero-order valence-corrected chi connectivity index (χ0v) is 9.75. The summed E-state index contributed by atoms with van der Waals surface area (Å²) in [6.07, 6.45) is 1.53. The quantitative estimate of drug-likeness (QED) is 0.797. The van der Waals surface area contributed by atoms with Crippen molar-refractivity contribution >= 4 is 23.4 Å². The zero-order chi connectivity index (χ0) is 13.0. The van der Waals surface area contributed by atoms with Crippen molar-refractivity contribution in [3.63, 3.8) is 0 Å². The lowest BCUT2D eigenvalue weighted by Gasteiger charge is -2.09. The van der Waals surface area contributed by atoms with E-state index in [9.17, 15) is 4.79 Å². The topological polar surface area (TPSA) is 90.1 Å². The van der Waals surface area contributed by atoms with Crippen LogP contribution in [0.5, 0.6) is 0 Å². The highest BCUT2D eigenvalue weighted by atomic mass is 16.5. The third-order valence-electron chi connectivity index (χ3n) is 2.27. The lowest BCUT2D eigenvalue weighted by Crippen LogP contribution is -2.06. The minimum atomic E-state index is -0.417. The summed E-state index contributed by atoms with van der Waals surface area (Å²) in [5.41, 5.74) is 6.51. The normalized spacial score (nSPS) is 9.83. The molecule has 0 fully saturated rings. The van der Waals surface area contributed by atoms with Gasteiger partial charge in [0.05, 0.1) is 18.4 Å². The van der Waals surface area contributed by atoms with E-state index in [1.807, 2.05) is 0 Å². The zero-order valence-electron chi connectivity index (χ0n) is 9.75. The van der Waals surface area contributed by atoms with E-state index in [2.05, 4.69) is 15.3 Å². The molecule has 0 radical (unpaired) electrons. The number of carbonyl (C=O) groups is 1. The van der Waals surface area contributed by atoms with Crippen molar-refractivity contribution in [2.24, 2.45) is 0 Å². The molecule has 0 aliphatic carbocycles. The number of para-hydroxylation sites is 1. The van der Waals surface area contributed by atoms with Gasteiger partial charge in [0.25, 0.3) is 0 Å². The van der Waals surface area contributed by atoms with Crippen LogP contribution in [0, 0.1) is 0 Å². The fraction of sp³-hybridized carbons (Fsp3) is 0.0833. The molecule has 6 heteroatoms. The number of nitrogens with zero attached hydrogens (tertiary/aromatic N) is 2. The molecule has 2 rings (SSSR count). The first-order valence-corrected chi connectivity index (χ1v) is 5.23. The number of hydrogen-bond acceptors (Lipinski definition) is 6. The van der Waals surface area contributed by atoms with E-state index in [0.29, 0.717) is 17.1 Å². The number of carbonyl (C=O) groups excluding carboxylic acids is 1. The van der Waals surface area contributed by atoms with Crippen LogP contribution in [0.3, 0.4) is 0 Å². The number of methoxy groups -OCH3 is 1. The number of nitrogens with one attached hydrogen (secondary N) is 1. The van der Waals surface area contributed by atoms with Gasteiger partial charge in [-0.05, 0) is 18.2 Å². The van der Waals surface area contributed by atoms with Crippen LogP contribution in [0.25, 0.3) is 0 Å². The first kappa shape index (κ1) is 11.8. The lowest BCUT2D eigenvalue weighted by atomic mass is 10.2. The minimum Gasteiger partial charge on any atom is -0.465 e. The third kappa shape index (κ3) is 2.54. The lowest BCUT2D eigenvalue weighted by molar-refractivity contribution is 0.0602. The Morgan fingerprint density at radius 3 is 2.83 bits per heavy atom. The van der Waals surface area contributed by atoms with Gasteiger partial charge in [0.2, 0.25) is 5.95 Å². The second-order valence-corrected chi connectivity index (χ2v) is 3.46. The van der Waals surface area contributed by atoms with E-state index in [0.717, 1.165) is 0 Å². The number of anilines is 3. The Morgan fingerprint density at radius 1 is 1.33 bits per heavy atom. The molecular formula is C12H12N4O2. The number of aromatic nitrogens is 2. The highest BCUT2D eigenvalue weighted by Crippen LogP contribution is 2.20. The molecule has 0 bridgehead atoms. The van der Waals surface area contributed by atoms with E-state index in [4.69, 9.17) is 10.5 Å². The number of esters is 1. The summed E-state index contributed by atoms with van der Waals surface area (Å²) < 4.78 is 4.70. The Bertz CT molecular complexity index is 572. The standard InChI is InChI=1S/C12H12N4O2/c1-18-11(17)8-4-2-3-5-9(8)15-10-6-7-14-12(13)16-10/h2-7H,1H3,(H3,13,14,15,16). The first-order chi connectivity index (χ1) is 8.70. The fourth-order valence-electron chi connectivity index (χ4n) is 1.46. The van der Waals surface area contributed by atoms with E-state index in [1.54, 1.807) is 30.3 Å². The number of hydrogen-bond donors (Lipinski definition) is 2. The van der Waals surface area contributed by atoms with Crippen molar-refractivity contribution in [1.82, 2.24) is 9.97 Å². The predicted molar refractivity (Wildman–Crippen MR) is 67.5 cm³/mol. The van der Waals surface area contributed by atoms with Crippen LogP contribution < -0.4 is 11.1 Å². The molecule has 1 aromatic carbocycles. The summed E-state index contributed by atoms with van der Waals surface area (Å²) in [7, 11) is 1.34. The smallest absolute Gasteiger partial charge is 0.339 e. The second kappa shape index (κ2) is 5.13. The summed E-state index contributed by atoms with van der Waals surface area (Å²) in [6, 6.07) is 8.64. The van der Waals surface area contributed by atoms with Gasteiger partial charge in [0.1, 0.15) is 5.82 Å². The maximum absolute atomic E-state index is 11.6. The van der Waals surface area contributed by atoms with Crippen molar-refractivity contribution in [2.75, 3.05) is 18.2 Å². The Morgan fingerprint density at radius 2 is 2.11 bits per heavy atom. The minimum absolute atomic E-state index is 0.163. The van der Waals surface area contributed by atoms with Gasteiger partial charge in [-0.3, -0.25) is 0 Å². The molecule has 6 nitrogen and oxygen atoms in total. The molecule has 0 aliphatic heterocycles. The third-order valence-corrected chi connectivity index (χ3v) is 2.27. The van der Waals surface area contributed by atoms with Gasteiger partial charge < -0.3 is 15.8 Å². The van der Waals surface area contributed by atoms with Gasteiger partial charge in [-0.1, -0.05) is 12.1 Å². The highest BCUT2D eigenvalue weighted by Gasteiger charge is 2.11. The van der Waals surface area contributed by atoms with Crippen LogP contribution in [-0.2, 0) is 4.74 Å². The fourth-order valence-corrected chi connectivity index (χ4v) is 1.46. The van der Waals surface area contributed by atoms with Crippen LogP contribution >= 0.6 is 0 Å². The molecule has 1 aromatic heterocycles. The maximum atomic E-state index is 11.6. The summed E-state index contributed by atoms with van der Waals surface area (Å²) >= 11 is 0. The monoisotopic (exact) mass is 244 g/mol. The Balaban J connectivity index is 2.32. The van der Waals surface area contributed by atoms with Gasteiger partial charge in [0.15, 0.2) is 0 Å². The van der Waals surface area contributed by atoms with E-state index in [1.165, 1.54) is 13.3 Å².